The summed E-state index contributed by atoms with van der Waals surface area (Å²) >= 11 is 5.94. The number of nitrogens with two attached hydrogens (primary N) is 1. The van der Waals surface area contributed by atoms with Crippen molar-refractivity contribution in [2.45, 2.75) is 39.2 Å². The Morgan fingerprint density at radius 3 is 2.80 bits per heavy atom. The van der Waals surface area contributed by atoms with Crippen LogP contribution < -0.4 is 5.73 Å². The second kappa shape index (κ2) is 5.05. The molecule has 1 aromatic carbocycles. The number of rotatable bonds is 4. The zero-order chi connectivity index (χ0) is 14.2. The average Bonchev–Trinajstić information content (AvgIpc) is 2.82. The van der Waals surface area contributed by atoms with E-state index in [0.29, 0.717) is 16.1 Å². The first-order valence-electron chi connectivity index (χ1n) is 6.95. The van der Waals surface area contributed by atoms with E-state index in [4.69, 9.17) is 17.3 Å². The van der Waals surface area contributed by atoms with Crippen molar-refractivity contribution in [1.29, 1.82) is 0 Å². The molecule has 1 fully saturated rings. The number of anilines is 1. The lowest BCUT2D eigenvalue weighted by Gasteiger charge is -2.41. The Labute approximate surface area is 123 Å². The standard InChI is InChI=1S/C14H18ClN5/c1-2-14(6-3-7-14)9-20-13(17-18-19-20)11-5-4-10(15)8-12(11)16/h4-5,8H,2-3,6-7,9,16H2,1H3. The molecule has 1 aromatic heterocycles. The smallest absolute Gasteiger partial charge is 0.184 e. The zero-order valence-corrected chi connectivity index (χ0v) is 12.3. The summed E-state index contributed by atoms with van der Waals surface area (Å²) in [6.07, 6.45) is 4.95. The second-order valence-corrected chi connectivity index (χ2v) is 6.04. The molecule has 0 aliphatic heterocycles. The van der Waals surface area contributed by atoms with Gasteiger partial charge in [-0.3, -0.25) is 0 Å². The fourth-order valence-corrected chi connectivity index (χ4v) is 3.04. The van der Waals surface area contributed by atoms with Gasteiger partial charge in [0.1, 0.15) is 0 Å². The van der Waals surface area contributed by atoms with Crippen molar-refractivity contribution in [3.05, 3.63) is 23.2 Å². The van der Waals surface area contributed by atoms with Gasteiger partial charge in [0, 0.05) is 16.3 Å². The van der Waals surface area contributed by atoms with E-state index in [9.17, 15) is 0 Å². The van der Waals surface area contributed by atoms with Crippen molar-refractivity contribution in [3.63, 3.8) is 0 Å². The topological polar surface area (TPSA) is 69.6 Å². The van der Waals surface area contributed by atoms with Crippen molar-refractivity contribution >= 4 is 17.3 Å². The monoisotopic (exact) mass is 291 g/mol. The summed E-state index contributed by atoms with van der Waals surface area (Å²) < 4.78 is 1.88. The number of nitrogens with zero attached hydrogens (tertiary/aromatic N) is 4. The third-order valence-corrected chi connectivity index (χ3v) is 4.67. The summed E-state index contributed by atoms with van der Waals surface area (Å²) in [5.41, 5.74) is 7.83. The number of hydrogen-bond acceptors (Lipinski definition) is 4. The fraction of sp³-hybridized carbons (Fsp3) is 0.500. The van der Waals surface area contributed by atoms with Crippen LogP contribution in [0.15, 0.2) is 18.2 Å². The van der Waals surface area contributed by atoms with Crippen LogP contribution in [0.25, 0.3) is 11.4 Å². The van der Waals surface area contributed by atoms with Gasteiger partial charge in [0.05, 0.1) is 6.54 Å². The van der Waals surface area contributed by atoms with Gasteiger partial charge in [0.15, 0.2) is 5.82 Å². The van der Waals surface area contributed by atoms with Crippen LogP contribution >= 0.6 is 11.6 Å². The van der Waals surface area contributed by atoms with Crippen molar-refractivity contribution in [1.82, 2.24) is 20.2 Å². The molecule has 2 aromatic rings. The van der Waals surface area contributed by atoms with Gasteiger partial charge < -0.3 is 5.73 Å². The van der Waals surface area contributed by atoms with E-state index in [1.807, 2.05) is 16.8 Å². The van der Waals surface area contributed by atoms with E-state index in [1.165, 1.54) is 19.3 Å². The minimum absolute atomic E-state index is 0.352. The summed E-state index contributed by atoms with van der Waals surface area (Å²) in [4.78, 5) is 0. The molecule has 0 spiro atoms. The lowest BCUT2D eigenvalue weighted by atomic mass is 9.67. The highest BCUT2D eigenvalue weighted by molar-refractivity contribution is 6.31. The normalized spacial score (nSPS) is 16.9. The number of hydrogen-bond donors (Lipinski definition) is 1. The Bertz CT molecular complexity index is 612. The predicted molar refractivity (Wildman–Crippen MR) is 79.3 cm³/mol. The van der Waals surface area contributed by atoms with Crippen LogP contribution in [-0.4, -0.2) is 20.2 Å². The highest BCUT2D eigenvalue weighted by Gasteiger charge is 2.36. The third-order valence-electron chi connectivity index (χ3n) is 4.44. The maximum Gasteiger partial charge on any atom is 0.184 e. The molecule has 0 unspecified atom stereocenters. The van der Waals surface area contributed by atoms with E-state index in [1.54, 1.807) is 6.07 Å². The largest absolute Gasteiger partial charge is 0.398 e. The molecule has 5 nitrogen and oxygen atoms in total. The number of halogens is 1. The number of tetrazole rings is 1. The Morgan fingerprint density at radius 2 is 2.20 bits per heavy atom. The molecule has 20 heavy (non-hydrogen) atoms. The summed E-state index contributed by atoms with van der Waals surface area (Å²) in [6.45, 7) is 3.09. The number of nitrogen functional groups attached to an aromatic ring is 1. The summed E-state index contributed by atoms with van der Waals surface area (Å²) in [6, 6.07) is 5.42. The molecule has 0 atom stereocenters. The molecular weight excluding hydrogens is 274 g/mol. The number of benzene rings is 1. The second-order valence-electron chi connectivity index (χ2n) is 5.60. The van der Waals surface area contributed by atoms with Gasteiger partial charge in [-0.15, -0.1) is 5.10 Å². The molecule has 0 saturated heterocycles. The maximum absolute atomic E-state index is 6.03. The first kappa shape index (κ1) is 13.4. The molecule has 3 rings (SSSR count). The zero-order valence-electron chi connectivity index (χ0n) is 11.5. The fourth-order valence-electron chi connectivity index (χ4n) is 2.86. The van der Waals surface area contributed by atoms with Gasteiger partial charge in [0.25, 0.3) is 0 Å². The van der Waals surface area contributed by atoms with Crippen molar-refractivity contribution in [2.24, 2.45) is 5.41 Å². The average molecular weight is 292 g/mol. The molecule has 0 amide bonds. The van der Waals surface area contributed by atoms with E-state index in [0.717, 1.165) is 24.4 Å². The minimum Gasteiger partial charge on any atom is -0.398 e. The molecule has 0 bridgehead atoms. The van der Waals surface area contributed by atoms with Gasteiger partial charge in [-0.05, 0) is 53.3 Å². The maximum atomic E-state index is 6.03. The van der Waals surface area contributed by atoms with E-state index < -0.39 is 0 Å². The van der Waals surface area contributed by atoms with Gasteiger partial charge in [0.2, 0.25) is 0 Å². The molecule has 106 valence electrons. The lowest BCUT2D eigenvalue weighted by molar-refractivity contribution is 0.0948. The first-order valence-corrected chi connectivity index (χ1v) is 7.33. The van der Waals surface area contributed by atoms with Gasteiger partial charge in [-0.25, -0.2) is 4.68 Å². The highest BCUT2D eigenvalue weighted by Crippen LogP contribution is 2.45. The Balaban J connectivity index is 1.93. The SMILES string of the molecule is CCC1(Cn2nnnc2-c2ccc(Cl)cc2N)CCC1. The van der Waals surface area contributed by atoms with Crippen LogP contribution in [0, 0.1) is 5.41 Å². The molecule has 1 saturated carbocycles. The lowest BCUT2D eigenvalue weighted by Crippen LogP contribution is -2.34. The molecule has 6 heteroatoms. The van der Waals surface area contributed by atoms with E-state index in [2.05, 4.69) is 22.4 Å². The predicted octanol–water partition coefficient (Wildman–Crippen LogP) is 3.16. The quantitative estimate of drug-likeness (QED) is 0.879. The summed E-state index contributed by atoms with van der Waals surface area (Å²) in [5.74, 6) is 0.721. The van der Waals surface area contributed by atoms with Crippen molar-refractivity contribution in [2.75, 3.05) is 5.73 Å². The van der Waals surface area contributed by atoms with Crippen LogP contribution in [0.3, 0.4) is 0 Å². The van der Waals surface area contributed by atoms with Crippen molar-refractivity contribution in [3.8, 4) is 11.4 Å². The highest BCUT2D eigenvalue weighted by atomic mass is 35.5. The van der Waals surface area contributed by atoms with Gasteiger partial charge in [-0.2, -0.15) is 0 Å². The van der Waals surface area contributed by atoms with Crippen LogP contribution in [0.2, 0.25) is 5.02 Å². The Morgan fingerprint density at radius 1 is 1.40 bits per heavy atom. The Hall–Kier alpha value is -1.62. The van der Waals surface area contributed by atoms with E-state index in [-0.39, 0.29) is 0 Å². The van der Waals surface area contributed by atoms with Crippen LogP contribution in [0.4, 0.5) is 5.69 Å². The molecule has 1 aliphatic carbocycles. The molecule has 0 radical (unpaired) electrons. The molecular formula is C14H18ClN5. The minimum atomic E-state index is 0.352. The molecule has 1 heterocycles. The van der Waals surface area contributed by atoms with Gasteiger partial charge >= 0.3 is 0 Å². The van der Waals surface area contributed by atoms with Gasteiger partial charge in [-0.1, -0.05) is 24.9 Å². The first-order chi connectivity index (χ1) is 9.63. The van der Waals surface area contributed by atoms with Crippen molar-refractivity contribution < 1.29 is 0 Å². The van der Waals surface area contributed by atoms with Crippen LogP contribution in [-0.2, 0) is 6.54 Å². The Kier molecular flexibility index (Phi) is 3.38. The molecule has 2 N–H and O–H groups in total. The van der Waals surface area contributed by atoms with Crippen LogP contribution in [0.5, 0.6) is 0 Å². The summed E-state index contributed by atoms with van der Waals surface area (Å²) in [7, 11) is 0. The molecule has 1 aliphatic rings. The number of aromatic nitrogens is 4. The van der Waals surface area contributed by atoms with Crippen LogP contribution in [0.1, 0.15) is 32.6 Å². The van der Waals surface area contributed by atoms with E-state index >= 15 is 0 Å². The third kappa shape index (κ3) is 2.26. The summed E-state index contributed by atoms with van der Waals surface area (Å²) in [5, 5.41) is 12.7.